The summed E-state index contributed by atoms with van der Waals surface area (Å²) in [6.45, 7) is 4.83. The molecule has 0 spiro atoms. The summed E-state index contributed by atoms with van der Waals surface area (Å²) in [7, 11) is -3.12. The van der Waals surface area contributed by atoms with E-state index >= 15 is 0 Å². The lowest BCUT2D eigenvalue weighted by Gasteiger charge is -2.35. The minimum Gasteiger partial charge on any atom is -0.375 e. The Hall–Kier alpha value is -0.860. The fourth-order valence-electron chi connectivity index (χ4n) is 2.75. The van der Waals surface area contributed by atoms with E-state index in [1.54, 1.807) is 4.90 Å². The number of morpholine rings is 1. The molecule has 0 bridgehead atoms. The number of nitrogens with one attached hydrogen (secondary N) is 1. The molecule has 2 heterocycles. The van der Waals surface area contributed by atoms with Crippen LogP contribution in [0.2, 0.25) is 0 Å². The zero-order valence-electron chi connectivity index (χ0n) is 12.7. The first-order valence-electron chi connectivity index (χ1n) is 7.52. The molecule has 0 aromatic carbocycles. The van der Waals surface area contributed by atoms with Gasteiger partial charge in [-0.3, -0.25) is 0 Å². The van der Waals surface area contributed by atoms with Gasteiger partial charge < -0.3 is 15.0 Å². The van der Waals surface area contributed by atoms with E-state index in [0.29, 0.717) is 45.6 Å². The van der Waals surface area contributed by atoms with Gasteiger partial charge in [-0.25, -0.2) is 17.5 Å². The summed E-state index contributed by atoms with van der Waals surface area (Å²) in [4.78, 5) is 14.0. The van der Waals surface area contributed by atoms with Crippen LogP contribution >= 0.6 is 0 Å². The average molecular weight is 319 g/mol. The van der Waals surface area contributed by atoms with Crippen molar-refractivity contribution >= 4 is 16.1 Å². The Labute approximate surface area is 126 Å². The molecule has 8 heteroatoms. The SMILES string of the molecule is CCC1CN(C(=O)NC2CCN(S(C)(=O)=O)CC2)CCO1. The molecule has 122 valence electrons. The molecule has 0 aromatic heterocycles. The lowest BCUT2D eigenvalue weighted by molar-refractivity contribution is -0.0158. The van der Waals surface area contributed by atoms with Crippen LogP contribution in [0.4, 0.5) is 4.79 Å². The second-order valence-electron chi connectivity index (χ2n) is 5.73. The van der Waals surface area contributed by atoms with Gasteiger partial charge in [-0.2, -0.15) is 0 Å². The van der Waals surface area contributed by atoms with Crippen LogP contribution in [-0.4, -0.2) is 74.8 Å². The average Bonchev–Trinajstić information content (AvgIpc) is 2.47. The first-order chi connectivity index (χ1) is 9.90. The smallest absolute Gasteiger partial charge is 0.317 e. The number of amides is 2. The third-order valence-electron chi connectivity index (χ3n) is 4.13. The summed E-state index contributed by atoms with van der Waals surface area (Å²) in [6.07, 6.45) is 3.58. The van der Waals surface area contributed by atoms with Gasteiger partial charge in [0.2, 0.25) is 10.0 Å². The number of ether oxygens (including phenoxy) is 1. The number of carbonyl (C=O) groups is 1. The first-order valence-corrected chi connectivity index (χ1v) is 9.37. The van der Waals surface area contributed by atoms with Gasteiger partial charge in [0.05, 0.1) is 19.0 Å². The lowest BCUT2D eigenvalue weighted by atomic mass is 10.1. The molecule has 2 rings (SSSR count). The third-order valence-corrected chi connectivity index (χ3v) is 5.44. The standard InChI is InChI=1S/C13H25N3O4S/c1-3-12-10-15(8-9-20-12)13(17)14-11-4-6-16(7-5-11)21(2,18)19/h11-12H,3-10H2,1-2H3,(H,14,17). The van der Waals surface area contributed by atoms with Crippen LogP contribution in [0.3, 0.4) is 0 Å². The Morgan fingerprint density at radius 3 is 2.52 bits per heavy atom. The number of urea groups is 1. The van der Waals surface area contributed by atoms with Crippen molar-refractivity contribution in [2.45, 2.75) is 38.3 Å². The monoisotopic (exact) mass is 319 g/mol. The fraction of sp³-hybridized carbons (Fsp3) is 0.923. The number of rotatable bonds is 3. The highest BCUT2D eigenvalue weighted by Gasteiger charge is 2.28. The quantitative estimate of drug-likeness (QED) is 0.808. The van der Waals surface area contributed by atoms with Crippen molar-refractivity contribution in [3.63, 3.8) is 0 Å². The highest BCUT2D eigenvalue weighted by Crippen LogP contribution is 2.14. The molecule has 0 saturated carbocycles. The van der Waals surface area contributed by atoms with Crippen LogP contribution in [0.5, 0.6) is 0 Å². The molecule has 1 N–H and O–H groups in total. The van der Waals surface area contributed by atoms with E-state index in [9.17, 15) is 13.2 Å². The maximum Gasteiger partial charge on any atom is 0.317 e. The molecule has 0 radical (unpaired) electrons. The normalized spacial score (nSPS) is 25.8. The number of carbonyl (C=O) groups excluding carboxylic acids is 1. The van der Waals surface area contributed by atoms with Crippen molar-refractivity contribution in [3.8, 4) is 0 Å². The van der Waals surface area contributed by atoms with Gasteiger partial charge in [-0.05, 0) is 19.3 Å². The summed E-state index contributed by atoms with van der Waals surface area (Å²) in [5, 5.41) is 3.02. The molecule has 2 fully saturated rings. The van der Waals surface area contributed by atoms with Crippen LogP contribution in [0.1, 0.15) is 26.2 Å². The Balaban J connectivity index is 1.79. The maximum atomic E-state index is 12.2. The van der Waals surface area contributed by atoms with E-state index in [4.69, 9.17) is 4.74 Å². The van der Waals surface area contributed by atoms with E-state index in [0.717, 1.165) is 6.42 Å². The van der Waals surface area contributed by atoms with Crippen molar-refractivity contribution in [1.82, 2.24) is 14.5 Å². The van der Waals surface area contributed by atoms with Crippen molar-refractivity contribution in [1.29, 1.82) is 0 Å². The molecule has 21 heavy (non-hydrogen) atoms. The van der Waals surface area contributed by atoms with Crippen molar-refractivity contribution in [2.24, 2.45) is 0 Å². The number of sulfonamides is 1. The van der Waals surface area contributed by atoms with Crippen molar-refractivity contribution in [3.05, 3.63) is 0 Å². The second-order valence-corrected chi connectivity index (χ2v) is 7.72. The van der Waals surface area contributed by atoms with Gasteiger partial charge >= 0.3 is 6.03 Å². The summed E-state index contributed by atoms with van der Waals surface area (Å²) >= 11 is 0. The summed E-state index contributed by atoms with van der Waals surface area (Å²) in [5.74, 6) is 0. The zero-order chi connectivity index (χ0) is 15.5. The minimum absolute atomic E-state index is 0.0541. The van der Waals surface area contributed by atoms with Gasteiger partial charge in [-0.15, -0.1) is 0 Å². The number of hydrogen-bond donors (Lipinski definition) is 1. The molecule has 1 unspecified atom stereocenters. The zero-order valence-corrected chi connectivity index (χ0v) is 13.6. The number of piperidine rings is 1. The van der Waals surface area contributed by atoms with Crippen molar-refractivity contribution < 1.29 is 17.9 Å². The van der Waals surface area contributed by atoms with Gasteiger partial charge in [0.1, 0.15) is 0 Å². The number of hydrogen-bond acceptors (Lipinski definition) is 4. The fourth-order valence-corrected chi connectivity index (χ4v) is 3.62. The number of nitrogens with zero attached hydrogens (tertiary/aromatic N) is 2. The van der Waals surface area contributed by atoms with E-state index < -0.39 is 10.0 Å². The lowest BCUT2D eigenvalue weighted by Crippen LogP contribution is -2.53. The Morgan fingerprint density at radius 1 is 1.29 bits per heavy atom. The van der Waals surface area contributed by atoms with Crippen molar-refractivity contribution in [2.75, 3.05) is 39.0 Å². The Bertz CT molecular complexity index is 460. The second kappa shape index (κ2) is 6.93. The van der Waals surface area contributed by atoms with Crippen LogP contribution in [0, 0.1) is 0 Å². The minimum atomic E-state index is -3.12. The molecule has 2 saturated heterocycles. The molecular weight excluding hydrogens is 294 g/mol. The Morgan fingerprint density at radius 2 is 1.95 bits per heavy atom. The van der Waals surface area contributed by atoms with E-state index in [-0.39, 0.29) is 18.2 Å². The molecule has 7 nitrogen and oxygen atoms in total. The summed E-state index contributed by atoms with van der Waals surface area (Å²) < 4.78 is 29.9. The highest BCUT2D eigenvalue weighted by molar-refractivity contribution is 7.88. The molecule has 2 aliphatic rings. The van der Waals surface area contributed by atoms with E-state index in [1.165, 1.54) is 10.6 Å². The molecule has 2 aliphatic heterocycles. The van der Waals surface area contributed by atoms with E-state index in [2.05, 4.69) is 5.32 Å². The summed E-state index contributed by atoms with van der Waals surface area (Å²) in [6, 6.07) is -0.00650. The third kappa shape index (κ3) is 4.55. The predicted octanol–water partition coefficient (Wildman–Crippen LogP) is 0.231. The summed E-state index contributed by atoms with van der Waals surface area (Å²) in [5.41, 5.74) is 0. The molecule has 0 aromatic rings. The van der Waals surface area contributed by atoms with Gasteiger partial charge in [0.15, 0.2) is 0 Å². The predicted molar refractivity (Wildman–Crippen MR) is 79.6 cm³/mol. The topological polar surface area (TPSA) is 79.0 Å². The van der Waals surface area contributed by atoms with Crippen LogP contribution in [0.25, 0.3) is 0 Å². The van der Waals surface area contributed by atoms with Crippen LogP contribution in [0.15, 0.2) is 0 Å². The molecular formula is C13H25N3O4S. The first kappa shape index (κ1) is 16.5. The maximum absolute atomic E-state index is 12.2. The van der Waals surface area contributed by atoms with Gasteiger partial charge in [-0.1, -0.05) is 6.92 Å². The molecule has 1 atom stereocenters. The Kier molecular flexibility index (Phi) is 5.45. The van der Waals surface area contributed by atoms with Gasteiger partial charge in [0, 0.05) is 32.2 Å². The molecule has 0 aliphatic carbocycles. The highest BCUT2D eigenvalue weighted by atomic mass is 32.2. The van der Waals surface area contributed by atoms with Gasteiger partial charge in [0.25, 0.3) is 0 Å². The largest absolute Gasteiger partial charge is 0.375 e. The van der Waals surface area contributed by atoms with Crippen LogP contribution in [-0.2, 0) is 14.8 Å². The molecule has 2 amide bonds. The van der Waals surface area contributed by atoms with E-state index in [1.807, 2.05) is 6.92 Å². The van der Waals surface area contributed by atoms with Crippen LogP contribution < -0.4 is 5.32 Å².